The van der Waals surface area contributed by atoms with E-state index in [0.29, 0.717) is 35.3 Å². The fourth-order valence-corrected chi connectivity index (χ4v) is 3.39. The molecule has 1 saturated carbocycles. The fraction of sp³-hybridized carbons (Fsp3) is 0.316. The number of nitrogens with one attached hydrogen (secondary N) is 1. The molecule has 0 spiro atoms. The van der Waals surface area contributed by atoms with Gasteiger partial charge >= 0.3 is 0 Å². The molecular weight excluding hydrogens is 326 g/mol. The smallest absolute Gasteiger partial charge is 0.252 e. The summed E-state index contributed by atoms with van der Waals surface area (Å²) in [6, 6.07) is 13.0. The van der Waals surface area contributed by atoms with Gasteiger partial charge in [0.2, 0.25) is 0 Å². The Balaban J connectivity index is 1.57. The summed E-state index contributed by atoms with van der Waals surface area (Å²) in [5.41, 5.74) is 1.39. The number of hydrogen-bond donors (Lipinski definition) is 1. The van der Waals surface area contributed by atoms with Crippen LogP contribution >= 0.6 is 11.6 Å². The van der Waals surface area contributed by atoms with Crippen LogP contribution in [0.25, 0.3) is 0 Å². The second kappa shape index (κ2) is 6.02. The van der Waals surface area contributed by atoms with Gasteiger partial charge in [0.05, 0.1) is 5.54 Å². The van der Waals surface area contributed by atoms with E-state index in [2.05, 4.69) is 5.32 Å². The average Bonchev–Trinajstić information content (AvgIpc) is 2.58. The molecule has 124 valence electrons. The van der Waals surface area contributed by atoms with Crippen LogP contribution in [-0.4, -0.2) is 19.1 Å². The third kappa shape index (κ3) is 2.71. The first-order chi connectivity index (χ1) is 11.7. The lowest BCUT2D eigenvalue weighted by atomic mass is 9.71. The molecular formula is C19H18ClNO3. The molecule has 2 aromatic rings. The molecule has 24 heavy (non-hydrogen) atoms. The maximum Gasteiger partial charge on any atom is 0.252 e. The molecule has 0 aromatic heterocycles. The molecule has 5 heteroatoms. The van der Waals surface area contributed by atoms with Crippen LogP contribution in [0.4, 0.5) is 0 Å². The van der Waals surface area contributed by atoms with Crippen molar-refractivity contribution in [1.82, 2.24) is 5.32 Å². The Morgan fingerprint density at radius 1 is 1.00 bits per heavy atom. The van der Waals surface area contributed by atoms with E-state index in [1.54, 1.807) is 18.2 Å². The van der Waals surface area contributed by atoms with E-state index in [1.807, 2.05) is 24.3 Å². The highest BCUT2D eigenvalue weighted by Gasteiger charge is 2.40. The van der Waals surface area contributed by atoms with E-state index in [-0.39, 0.29) is 11.4 Å². The van der Waals surface area contributed by atoms with Gasteiger partial charge in [-0.05, 0) is 55.2 Å². The zero-order chi connectivity index (χ0) is 16.6. The second-order valence-electron chi connectivity index (χ2n) is 6.26. The van der Waals surface area contributed by atoms with Crippen molar-refractivity contribution in [1.29, 1.82) is 0 Å². The SMILES string of the molecule is O=C(NC1(c2ccc(Cl)cc2)CCC1)c1ccc2c(c1)OCCO2. The lowest BCUT2D eigenvalue weighted by Gasteiger charge is -2.43. The molecule has 1 amide bonds. The predicted molar refractivity (Wildman–Crippen MR) is 91.9 cm³/mol. The molecule has 1 aliphatic carbocycles. The second-order valence-corrected chi connectivity index (χ2v) is 6.69. The van der Waals surface area contributed by atoms with Gasteiger partial charge in [0, 0.05) is 10.6 Å². The van der Waals surface area contributed by atoms with Gasteiger partial charge in [0.1, 0.15) is 13.2 Å². The van der Waals surface area contributed by atoms with Gasteiger partial charge in [-0.1, -0.05) is 23.7 Å². The van der Waals surface area contributed by atoms with Crippen LogP contribution in [0, 0.1) is 0 Å². The molecule has 1 fully saturated rings. The predicted octanol–water partition coefficient (Wildman–Crippen LogP) is 3.92. The fourth-order valence-electron chi connectivity index (χ4n) is 3.26. The van der Waals surface area contributed by atoms with Gasteiger partial charge in [-0.15, -0.1) is 0 Å². The summed E-state index contributed by atoms with van der Waals surface area (Å²) >= 11 is 5.98. The monoisotopic (exact) mass is 343 g/mol. The van der Waals surface area contributed by atoms with Crippen LogP contribution in [0.1, 0.15) is 35.2 Å². The number of fused-ring (bicyclic) bond motifs is 1. The maximum atomic E-state index is 12.7. The lowest BCUT2D eigenvalue weighted by Crippen LogP contribution is -2.50. The molecule has 0 saturated heterocycles. The number of hydrogen-bond acceptors (Lipinski definition) is 3. The summed E-state index contributed by atoms with van der Waals surface area (Å²) in [6.07, 6.45) is 2.97. The van der Waals surface area contributed by atoms with Crippen molar-refractivity contribution < 1.29 is 14.3 Å². The summed E-state index contributed by atoms with van der Waals surface area (Å²) in [5.74, 6) is 1.22. The van der Waals surface area contributed by atoms with E-state index in [0.717, 1.165) is 24.8 Å². The van der Waals surface area contributed by atoms with Crippen LogP contribution in [-0.2, 0) is 5.54 Å². The lowest BCUT2D eigenvalue weighted by molar-refractivity contribution is 0.0822. The van der Waals surface area contributed by atoms with E-state index in [9.17, 15) is 4.79 Å². The Hall–Kier alpha value is -2.20. The molecule has 2 aliphatic rings. The molecule has 4 rings (SSSR count). The largest absolute Gasteiger partial charge is 0.486 e. The average molecular weight is 344 g/mol. The summed E-state index contributed by atoms with van der Waals surface area (Å²) < 4.78 is 11.1. The third-order valence-electron chi connectivity index (χ3n) is 4.76. The number of rotatable bonds is 3. The first-order valence-corrected chi connectivity index (χ1v) is 8.52. The Morgan fingerprint density at radius 2 is 1.71 bits per heavy atom. The normalized spacial score (nSPS) is 17.7. The van der Waals surface area contributed by atoms with Gasteiger partial charge in [-0.25, -0.2) is 0 Å². The zero-order valence-electron chi connectivity index (χ0n) is 13.2. The van der Waals surface area contributed by atoms with Gasteiger partial charge in [0.25, 0.3) is 5.91 Å². The van der Waals surface area contributed by atoms with Crippen LogP contribution in [0.5, 0.6) is 11.5 Å². The molecule has 0 atom stereocenters. The number of benzene rings is 2. The minimum Gasteiger partial charge on any atom is -0.486 e. The molecule has 0 unspecified atom stereocenters. The van der Waals surface area contributed by atoms with Gasteiger partial charge in [-0.2, -0.15) is 0 Å². The summed E-state index contributed by atoms with van der Waals surface area (Å²) in [7, 11) is 0. The summed E-state index contributed by atoms with van der Waals surface area (Å²) in [6.45, 7) is 1.05. The Kier molecular flexibility index (Phi) is 3.85. The molecule has 0 bridgehead atoms. The van der Waals surface area contributed by atoms with Crippen molar-refractivity contribution in [2.45, 2.75) is 24.8 Å². The first kappa shape index (κ1) is 15.3. The Morgan fingerprint density at radius 3 is 2.38 bits per heavy atom. The van der Waals surface area contributed by atoms with E-state index in [4.69, 9.17) is 21.1 Å². The molecule has 1 N–H and O–H groups in total. The highest BCUT2D eigenvalue weighted by molar-refractivity contribution is 6.30. The summed E-state index contributed by atoms with van der Waals surface area (Å²) in [5, 5.41) is 3.91. The van der Waals surface area contributed by atoms with Crippen LogP contribution in [0.2, 0.25) is 5.02 Å². The number of halogens is 1. The topological polar surface area (TPSA) is 47.6 Å². The standard InChI is InChI=1S/C19H18ClNO3/c20-15-5-3-14(4-6-15)19(8-1-9-19)21-18(22)13-2-7-16-17(12-13)24-11-10-23-16/h2-7,12H,1,8-11H2,(H,21,22). The molecule has 1 aliphatic heterocycles. The van der Waals surface area contributed by atoms with E-state index >= 15 is 0 Å². The minimum absolute atomic E-state index is 0.0957. The Labute approximate surface area is 145 Å². The number of ether oxygens (including phenoxy) is 2. The maximum absolute atomic E-state index is 12.7. The first-order valence-electron chi connectivity index (χ1n) is 8.15. The van der Waals surface area contributed by atoms with Crippen molar-refractivity contribution in [2.75, 3.05) is 13.2 Å². The Bertz CT molecular complexity index is 769. The van der Waals surface area contributed by atoms with Crippen LogP contribution in [0.15, 0.2) is 42.5 Å². The van der Waals surface area contributed by atoms with Gasteiger partial charge < -0.3 is 14.8 Å². The molecule has 2 aromatic carbocycles. The molecule has 1 heterocycles. The minimum atomic E-state index is -0.297. The van der Waals surface area contributed by atoms with Crippen molar-refractivity contribution in [3.63, 3.8) is 0 Å². The van der Waals surface area contributed by atoms with Crippen molar-refractivity contribution in [3.8, 4) is 11.5 Å². The summed E-state index contributed by atoms with van der Waals surface area (Å²) in [4.78, 5) is 12.7. The highest BCUT2D eigenvalue weighted by atomic mass is 35.5. The van der Waals surface area contributed by atoms with Crippen molar-refractivity contribution in [2.24, 2.45) is 0 Å². The van der Waals surface area contributed by atoms with Crippen LogP contribution < -0.4 is 14.8 Å². The molecule has 4 nitrogen and oxygen atoms in total. The van der Waals surface area contributed by atoms with Gasteiger partial charge in [0.15, 0.2) is 11.5 Å². The zero-order valence-corrected chi connectivity index (χ0v) is 13.9. The van der Waals surface area contributed by atoms with E-state index in [1.165, 1.54) is 0 Å². The quantitative estimate of drug-likeness (QED) is 0.918. The third-order valence-corrected chi connectivity index (χ3v) is 5.01. The van der Waals surface area contributed by atoms with Crippen molar-refractivity contribution in [3.05, 3.63) is 58.6 Å². The highest BCUT2D eigenvalue weighted by Crippen LogP contribution is 2.42. The van der Waals surface area contributed by atoms with Gasteiger partial charge in [-0.3, -0.25) is 4.79 Å². The van der Waals surface area contributed by atoms with Crippen molar-refractivity contribution >= 4 is 17.5 Å². The number of carbonyl (C=O) groups is 1. The number of carbonyl (C=O) groups excluding carboxylic acids is 1. The molecule has 0 radical (unpaired) electrons. The van der Waals surface area contributed by atoms with Crippen LogP contribution in [0.3, 0.4) is 0 Å². The van der Waals surface area contributed by atoms with E-state index < -0.39 is 0 Å². The number of amides is 1.